The Bertz CT molecular complexity index is 1470. The van der Waals surface area contributed by atoms with E-state index in [0.29, 0.717) is 29.3 Å². The van der Waals surface area contributed by atoms with Crippen LogP contribution in [0.15, 0.2) is 43.2 Å². The molecule has 0 aliphatic rings. The van der Waals surface area contributed by atoms with E-state index in [0.717, 1.165) is 39.7 Å². The molecule has 34 heavy (non-hydrogen) atoms. The summed E-state index contributed by atoms with van der Waals surface area (Å²) in [6.45, 7) is 6.25. The van der Waals surface area contributed by atoms with Crippen molar-refractivity contribution in [1.29, 1.82) is 0 Å². The number of nitrogens with zero attached hydrogens (tertiary/aromatic N) is 8. The highest BCUT2D eigenvalue weighted by Crippen LogP contribution is 2.28. The van der Waals surface area contributed by atoms with Crippen LogP contribution in [0.2, 0.25) is 0 Å². The zero-order chi connectivity index (χ0) is 23.7. The van der Waals surface area contributed by atoms with E-state index < -0.39 is 0 Å². The molecule has 0 saturated carbocycles. The first-order valence-electron chi connectivity index (χ1n) is 10.9. The van der Waals surface area contributed by atoms with E-state index in [9.17, 15) is 4.79 Å². The lowest BCUT2D eigenvalue weighted by atomic mass is 10.2. The first kappa shape index (κ1) is 21.8. The van der Waals surface area contributed by atoms with Crippen LogP contribution in [0.25, 0.3) is 22.0 Å². The third kappa shape index (κ3) is 4.17. The van der Waals surface area contributed by atoms with Crippen molar-refractivity contribution >= 4 is 22.9 Å². The molecule has 0 aromatic carbocycles. The van der Waals surface area contributed by atoms with E-state index in [1.54, 1.807) is 53.1 Å². The molecule has 5 rings (SSSR count). The molecule has 0 radical (unpaired) electrons. The van der Waals surface area contributed by atoms with Crippen molar-refractivity contribution in [1.82, 2.24) is 44.6 Å². The van der Waals surface area contributed by atoms with Gasteiger partial charge in [-0.15, -0.1) is 16.4 Å². The molecule has 0 bridgehead atoms. The molecule has 0 saturated heterocycles. The molecule has 0 aliphatic heterocycles. The van der Waals surface area contributed by atoms with Crippen molar-refractivity contribution in [3.05, 3.63) is 70.8 Å². The summed E-state index contributed by atoms with van der Waals surface area (Å²) in [6.07, 6.45) is 12.3. The van der Waals surface area contributed by atoms with Crippen molar-refractivity contribution < 1.29 is 4.79 Å². The molecule has 5 aromatic rings. The standard InChI is InChI=1S/C23H23N9OS/c1-4-5-18-11-29-30-32(18)19-6-17(22(33)27-10-16-8-24-15(3)25-9-16)13-31-20(12-26-21(19)31)23-28-7-14(2)34-23/h6-9,11-13H,4-5,10H2,1-3H3,(H,27,33). The van der Waals surface area contributed by atoms with Gasteiger partial charge >= 0.3 is 0 Å². The lowest BCUT2D eigenvalue weighted by Gasteiger charge is -2.12. The van der Waals surface area contributed by atoms with Gasteiger partial charge in [-0.25, -0.2) is 24.6 Å². The number of aryl methyl sites for hydroxylation is 3. The first-order chi connectivity index (χ1) is 16.5. The normalized spacial score (nSPS) is 11.3. The van der Waals surface area contributed by atoms with Crippen molar-refractivity contribution in [2.24, 2.45) is 0 Å². The van der Waals surface area contributed by atoms with Crippen LogP contribution in [0.5, 0.6) is 0 Å². The molecular formula is C23H23N9OS. The molecule has 0 fully saturated rings. The molecule has 0 aliphatic carbocycles. The van der Waals surface area contributed by atoms with Gasteiger partial charge in [0, 0.05) is 41.8 Å². The summed E-state index contributed by atoms with van der Waals surface area (Å²) in [6, 6.07) is 1.80. The predicted molar refractivity (Wildman–Crippen MR) is 128 cm³/mol. The minimum absolute atomic E-state index is 0.226. The summed E-state index contributed by atoms with van der Waals surface area (Å²) in [5, 5.41) is 12.2. The number of nitrogens with one attached hydrogen (secondary N) is 1. The Morgan fingerprint density at radius 2 is 1.88 bits per heavy atom. The summed E-state index contributed by atoms with van der Waals surface area (Å²) in [5.74, 6) is 0.460. The Hall–Kier alpha value is -3.99. The Labute approximate surface area is 199 Å². The molecule has 0 unspecified atom stereocenters. The molecule has 1 N–H and O–H groups in total. The number of carbonyl (C=O) groups is 1. The van der Waals surface area contributed by atoms with Gasteiger partial charge in [-0.3, -0.25) is 9.20 Å². The van der Waals surface area contributed by atoms with Gasteiger partial charge in [0.15, 0.2) is 5.65 Å². The zero-order valence-electron chi connectivity index (χ0n) is 19.1. The van der Waals surface area contributed by atoms with Crippen molar-refractivity contribution in [3.8, 4) is 16.4 Å². The average molecular weight is 474 g/mol. The monoisotopic (exact) mass is 473 g/mol. The Morgan fingerprint density at radius 1 is 1.06 bits per heavy atom. The number of rotatable bonds is 7. The molecule has 172 valence electrons. The highest BCUT2D eigenvalue weighted by Gasteiger charge is 2.19. The fourth-order valence-corrected chi connectivity index (χ4v) is 4.43. The van der Waals surface area contributed by atoms with Gasteiger partial charge in [-0.1, -0.05) is 18.6 Å². The summed E-state index contributed by atoms with van der Waals surface area (Å²) >= 11 is 1.58. The third-order valence-electron chi connectivity index (χ3n) is 5.33. The SMILES string of the molecule is CCCc1cnnn1-c1cc(C(=O)NCc2cnc(C)nc2)cn2c(-c3ncc(C)s3)cnc12. The largest absolute Gasteiger partial charge is 0.348 e. The molecule has 0 spiro atoms. The molecule has 0 atom stereocenters. The second-order valence-electron chi connectivity index (χ2n) is 7.94. The first-order valence-corrected chi connectivity index (χ1v) is 11.7. The predicted octanol–water partition coefficient (Wildman–Crippen LogP) is 3.33. The number of thiazole rings is 1. The van der Waals surface area contributed by atoms with E-state index >= 15 is 0 Å². The number of imidazole rings is 1. The van der Waals surface area contributed by atoms with Crippen molar-refractivity contribution in [2.75, 3.05) is 0 Å². The Morgan fingerprint density at radius 3 is 2.62 bits per heavy atom. The van der Waals surface area contributed by atoms with Crippen LogP contribution in [-0.2, 0) is 13.0 Å². The van der Waals surface area contributed by atoms with E-state index in [-0.39, 0.29) is 5.91 Å². The number of amides is 1. The maximum atomic E-state index is 13.2. The number of carbonyl (C=O) groups excluding carboxylic acids is 1. The Kier molecular flexibility index (Phi) is 5.84. The van der Waals surface area contributed by atoms with Gasteiger partial charge < -0.3 is 5.32 Å². The molecule has 5 heterocycles. The summed E-state index contributed by atoms with van der Waals surface area (Å²) in [7, 11) is 0. The van der Waals surface area contributed by atoms with Crippen LogP contribution in [0.4, 0.5) is 0 Å². The Balaban J connectivity index is 1.58. The van der Waals surface area contributed by atoms with Crippen LogP contribution in [-0.4, -0.2) is 45.2 Å². The van der Waals surface area contributed by atoms with Gasteiger partial charge in [0.25, 0.3) is 5.91 Å². The number of hydrogen-bond acceptors (Lipinski definition) is 8. The highest BCUT2D eigenvalue weighted by atomic mass is 32.1. The second kappa shape index (κ2) is 9.10. The fraction of sp³-hybridized carbons (Fsp3) is 0.261. The van der Waals surface area contributed by atoms with E-state index in [1.807, 2.05) is 24.4 Å². The number of pyridine rings is 1. The van der Waals surface area contributed by atoms with Crippen LogP contribution in [0.1, 0.15) is 45.7 Å². The van der Waals surface area contributed by atoms with Gasteiger partial charge in [-0.05, 0) is 26.3 Å². The van der Waals surface area contributed by atoms with Crippen LogP contribution < -0.4 is 5.32 Å². The third-order valence-corrected chi connectivity index (χ3v) is 6.27. The maximum absolute atomic E-state index is 13.2. The summed E-state index contributed by atoms with van der Waals surface area (Å²) < 4.78 is 3.65. The summed E-state index contributed by atoms with van der Waals surface area (Å²) in [4.78, 5) is 31.8. The van der Waals surface area contributed by atoms with Crippen molar-refractivity contribution in [3.63, 3.8) is 0 Å². The van der Waals surface area contributed by atoms with Crippen molar-refractivity contribution in [2.45, 2.75) is 40.2 Å². The number of fused-ring (bicyclic) bond motifs is 1. The highest BCUT2D eigenvalue weighted by molar-refractivity contribution is 7.14. The summed E-state index contributed by atoms with van der Waals surface area (Å²) in [5.41, 5.74) is 4.42. The van der Waals surface area contributed by atoms with Gasteiger partial charge in [0.2, 0.25) is 0 Å². The minimum Gasteiger partial charge on any atom is -0.348 e. The molecular weight excluding hydrogens is 450 g/mol. The average Bonchev–Trinajstić information content (AvgIpc) is 3.57. The van der Waals surface area contributed by atoms with E-state index in [4.69, 9.17) is 0 Å². The second-order valence-corrected chi connectivity index (χ2v) is 9.17. The molecule has 10 nitrogen and oxygen atoms in total. The smallest absolute Gasteiger partial charge is 0.253 e. The topological polar surface area (TPSA) is 116 Å². The number of aromatic nitrogens is 8. The lowest BCUT2D eigenvalue weighted by Crippen LogP contribution is -2.24. The lowest BCUT2D eigenvalue weighted by molar-refractivity contribution is 0.0950. The van der Waals surface area contributed by atoms with Gasteiger partial charge in [-0.2, -0.15) is 0 Å². The van der Waals surface area contributed by atoms with Gasteiger partial charge in [0.1, 0.15) is 22.2 Å². The fourth-order valence-electron chi connectivity index (χ4n) is 3.66. The van der Waals surface area contributed by atoms with Crippen LogP contribution in [0, 0.1) is 13.8 Å². The van der Waals surface area contributed by atoms with Crippen LogP contribution in [0.3, 0.4) is 0 Å². The van der Waals surface area contributed by atoms with Gasteiger partial charge in [0.05, 0.1) is 23.7 Å². The van der Waals surface area contributed by atoms with Crippen LogP contribution >= 0.6 is 11.3 Å². The zero-order valence-corrected chi connectivity index (χ0v) is 19.9. The van der Waals surface area contributed by atoms with E-state index in [2.05, 4.69) is 42.5 Å². The molecule has 5 aromatic heterocycles. The molecule has 1 amide bonds. The minimum atomic E-state index is -0.226. The maximum Gasteiger partial charge on any atom is 0.253 e. The molecule has 11 heteroatoms. The quantitative estimate of drug-likeness (QED) is 0.385. The van der Waals surface area contributed by atoms with E-state index in [1.165, 1.54) is 0 Å². The number of hydrogen-bond donors (Lipinski definition) is 1.